The largest absolute Gasteiger partial charge is 0.497 e. The highest BCUT2D eigenvalue weighted by molar-refractivity contribution is 7.98. The minimum absolute atomic E-state index is 0.611. The average Bonchev–Trinajstić information content (AvgIpc) is 2.61. The SMILES string of the molecule is CCNC(=NCCCCSC)N(C)CCOc1ccc(OC)cc1. The van der Waals surface area contributed by atoms with E-state index in [-0.39, 0.29) is 0 Å². The van der Waals surface area contributed by atoms with Gasteiger partial charge in [-0.1, -0.05) is 0 Å². The van der Waals surface area contributed by atoms with Crippen molar-refractivity contribution in [3.05, 3.63) is 24.3 Å². The van der Waals surface area contributed by atoms with E-state index in [0.717, 1.165) is 43.5 Å². The van der Waals surface area contributed by atoms with Crippen molar-refractivity contribution in [2.24, 2.45) is 4.99 Å². The van der Waals surface area contributed by atoms with Crippen LogP contribution in [0.4, 0.5) is 0 Å². The zero-order valence-corrected chi connectivity index (χ0v) is 16.2. The maximum atomic E-state index is 5.78. The van der Waals surface area contributed by atoms with Gasteiger partial charge in [0.05, 0.1) is 13.7 Å². The summed E-state index contributed by atoms with van der Waals surface area (Å²) >= 11 is 1.89. The Morgan fingerprint density at radius 3 is 2.54 bits per heavy atom. The molecule has 0 bridgehead atoms. The minimum atomic E-state index is 0.611. The summed E-state index contributed by atoms with van der Waals surface area (Å²) in [5.74, 6) is 3.84. The molecular formula is C18H31N3O2S. The van der Waals surface area contributed by atoms with E-state index in [1.807, 2.05) is 43.1 Å². The number of rotatable bonds is 11. The van der Waals surface area contributed by atoms with E-state index in [1.54, 1.807) is 7.11 Å². The lowest BCUT2D eigenvalue weighted by atomic mass is 10.3. The topological polar surface area (TPSA) is 46.1 Å². The molecule has 0 aliphatic heterocycles. The predicted octanol–water partition coefficient (Wildman–Crippen LogP) is 3.11. The normalized spacial score (nSPS) is 11.2. The Labute approximate surface area is 150 Å². The summed E-state index contributed by atoms with van der Waals surface area (Å²) in [5.41, 5.74) is 0. The van der Waals surface area contributed by atoms with Crippen molar-refractivity contribution in [1.82, 2.24) is 10.2 Å². The van der Waals surface area contributed by atoms with Gasteiger partial charge in [0.15, 0.2) is 5.96 Å². The molecule has 0 aliphatic rings. The Bertz CT molecular complexity index is 466. The number of hydrogen-bond acceptors (Lipinski definition) is 4. The molecule has 1 N–H and O–H groups in total. The summed E-state index contributed by atoms with van der Waals surface area (Å²) in [7, 11) is 3.70. The van der Waals surface area contributed by atoms with Crippen LogP contribution in [-0.2, 0) is 0 Å². The molecule has 0 unspecified atom stereocenters. The molecule has 5 nitrogen and oxygen atoms in total. The molecule has 0 radical (unpaired) electrons. The second kappa shape index (κ2) is 12.8. The van der Waals surface area contributed by atoms with Crippen molar-refractivity contribution in [3.63, 3.8) is 0 Å². The number of nitrogens with one attached hydrogen (secondary N) is 1. The standard InChI is InChI=1S/C18H31N3O2S/c1-5-19-18(20-12-6-7-15-24-4)21(2)13-14-23-17-10-8-16(22-3)9-11-17/h8-11H,5-7,12-15H2,1-4H3,(H,19,20). The van der Waals surface area contributed by atoms with Crippen molar-refractivity contribution in [3.8, 4) is 11.5 Å². The van der Waals surface area contributed by atoms with E-state index in [1.165, 1.54) is 12.2 Å². The Kier molecular flexibility index (Phi) is 10.9. The molecule has 0 amide bonds. The number of guanidine groups is 1. The second-order valence-electron chi connectivity index (χ2n) is 5.38. The Hall–Kier alpha value is -1.56. The lowest BCUT2D eigenvalue weighted by Gasteiger charge is -2.22. The summed E-state index contributed by atoms with van der Waals surface area (Å²) in [4.78, 5) is 6.80. The van der Waals surface area contributed by atoms with Crippen LogP contribution in [-0.4, -0.2) is 63.3 Å². The molecule has 0 fully saturated rings. The molecular weight excluding hydrogens is 322 g/mol. The van der Waals surface area contributed by atoms with Gasteiger partial charge in [-0.15, -0.1) is 0 Å². The molecule has 0 atom stereocenters. The van der Waals surface area contributed by atoms with Crippen molar-refractivity contribution in [2.75, 3.05) is 52.4 Å². The zero-order valence-electron chi connectivity index (χ0n) is 15.4. The van der Waals surface area contributed by atoms with Crippen LogP contribution < -0.4 is 14.8 Å². The van der Waals surface area contributed by atoms with Gasteiger partial charge < -0.3 is 19.7 Å². The highest BCUT2D eigenvalue weighted by atomic mass is 32.2. The molecule has 1 rings (SSSR count). The van der Waals surface area contributed by atoms with Crippen molar-refractivity contribution < 1.29 is 9.47 Å². The van der Waals surface area contributed by atoms with Crippen LogP contribution in [0.25, 0.3) is 0 Å². The molecule has 0 spiro atoms. The van der Waals surface area contributed by atoms with Crippen LogP contribution in [0, 0.1) is 0 Å². The van der Waals surface area contributed by atoms with Gasteiger partial charge in [-0.3, -0.25) is 4.99 Å². The van der Waals surface area contributed by atoms with E-state index in [2.05, 4.69) is 28.4 Å². The number of thioether (sulfide) groups is 1. The first kappa shape index (κ1) is 20.5. The van der Waals surface area contributed by atoms with E-state index in [0.29, 0.717) is 6.61 Å². The molecule has 1 aromatic rings. The van der Waals surface area contributed by atoms with E-state index in [4.69, 9.17) is 9.47 Å². The number of hydrogen-bond donors (Lipinski definition) is 1. The fraction of sp³-hybridized carbons (Fsp3) is 0.611. The number of nitrogens with zero attached hydrogens (tertiary/aromatic N) is 2. The maximum Gasteiger partial charge on any atom is 0.193 e. The fourth-order valence-electron chi connectivity index (χ4n) is 2.09. The van der Waals surface area contributed by atoms with Crippen molar-refractivity contribution in [1.29, 1.82) is 0 Å². The van der Waals surface area contributed by atoms with E-state index in [9.17, 15) is 0 Å². The smallest absolute Gasteiger partial charge is 0.193 e. The van der Waals surface area contributed by atoms with Crippen molar-refractivity contribution in [2.45, 2.75) is 19.8 Å². The molecule has 0 saturated carbocycles. The van der Waals surface area contributed by atoms with Crippen LogP contribution in [0.3, 0.4) is 0 Å². The minimum Gasteiger partial charge on any atom is -0.497 e. The zero-order chi connectivity index (χ0) is 17.6. The molecule has 0 aromatic heterocycles. The number of unbranched alkanes of at least 4 members (excludes halogenated alkanes) is 1. The Morgan fingerprint density at radius 2 is 1.92 bits per heavy atom. The highest BCUT2D eigenvalue weighted by Gasteiger charge is 2.05. The van der Waals surface area contributed by atoms with E-state index >= 15 is 0 Å². The molecule has 0 saturated heterocycles. The highest BCUT2D eigenvalue weighted by Crippen LogP contribution is 2.16. The summed E-state index contributed by atoms with van der Waals surface area (Å²) < 4.78 is 10.9. The first-order valence-electron chi connectivity index (χ1n) is 8.46. The van der Waals surface area contributed by atoms with Gasteiger partial charge in [0.2, 0.25) is 0 Å². The third-order valence-electron chi connectivity index (χ3n) is 3.47. The lowest BCUT2D eigenvalue weighted by molar-refractivity contribution is 0.281. The predicted molar refractivity (Wildman–Crippen MR) is 105 cm³/mol. The maximum absolute atomic E-state index is 5.78. The van der Waals surface area contributed by atoms with Gasteiger partial charge in [-0.2, -0.15) is 11.8 Å². The molecule has 136 valence electrons. The van der Waals surface area contributed by atoms with Crippen LogP contribution in [0.5, 0.6) is 11.5 Å². The van der Waals surface area contributed by atoms with Gasteiger partial charge in [0.25, 0.3) is 0 Å². The monoisotopic (exact) mass is 353 g/mol. The third kappa shape index (κ3) is 8.34. The molecule has 0 aliphatic carbocycles. The summed E-state index contributed by atoms with van der Waals surface area (Å²) in [5, 5.41) is 3.34. The van der Waals surface area contributed by atoms with Crippen LogP contribution in [0.2, 0.25) is 0 Å². The molecule has 1 aromatic carbocycles. The van der Waals surface area contributed by atoms with Crippen LogP contribution >= 0.6 is 11.8 Å². The van der Waals surface area contributed by atoms with Crippen LogP contribution in [0.1, 0.15) is 19.8 Å². The Morgan fingerprint density at radius 1 is 1.21 bits per heavy atom. The average molecular weight is 354 g/mol. The quantitative estimate of drug-likeness (QED) is 0.376. The van der Waals surface area contributed by atoms with Gasteiger partial charge in [-0.05, 0) is 56.0 Å². The first-order chi connectivity index (χ1) is 11.7. The first-order valence-corrected chi connectivity index (χ1v) is 9.85. The number of methoxy groups -OCH3 is 1. The molecule has 0 heterocycles. The lowest BCUT2D eigenvalue weighted by Crippen LogP contribution is -2.41. The van der Waals surface area contributed by atoms with Gasteiger partial charge in [0.1, 0.15) is 18.1 Å². The van der Waals surface area contributed by atoms with E-state index < -0.39 is 0 Å². The summed E-state index contributed by atoms with van der Waals surface area (Å²) in [6.45, 7) is 5.22. The third-order valence-corrected chi connectivity index (χ3v) is 4.17. The van der Waals surface area contributed by atoms with Gasteiger partial charge >= 0.3 is 0 Å². The van der Waals surface area contributed by atoms with Gasteiger partial charge in [-0.25, -0.2) is 0 Å². The fourth-order valence-corrected chi connectivity index (χ4v) is 2.58. The number of likely N-dealkylation sites (N-methyl/N-ethyl adjacent to an activating group) is 1. The van der Waals surface area contributed by atoms with Gasteiger partial charge in [0, 0.05) is 20.1 Å². The second-order valence-corrected chi connectivity index (χ2v) is 6.37. The number of ether oxygens (including phenoxy) is 2. The number of aliphatic imine (C=N–C) groups is 1. The van der Waals surface area contributed by atoms with Crippen LogP contribution in [0.15, 0.2) is 29.3 Å². The molecule has 24 heavy (non-hydrogen) atoms. The summed E-state index contributed by atoms with van der Waals surface area (Å²) in [6, 6.07) is 7.64. The Balaban J connectivity index is 2.37. The molecule has 6 heteroatoms. The number of benzene rings is 1. The summed E-state index contributed by atoms with van der Waals surface area (Å²) in [6.07, 6.45) is 4.49. The van der Waals surface area contributed by atoms with Crippen molar-refractivity contribution >= 4 is 17.7 Å².